The second-order valence-electron chi connectivity index (χ2n) is 5.03. The molecular formula is C15H18N4. The minimum atomic E-state index is 0.401. The molecule has 2 aromatic rings. The first kappa shape index (κ1) is 12.0. The van der Waals surface area contributed by atoms with Crippen LogP contribution in [0.3, 0.4) is 0 Å². The lowest BCUT2D eigenvalue weighted by Crippen LogP contribution is -2.23. The Kier molecular flexibility index (Phi) is 3.07. The van der Waals surface area contributed by atoms with E-state index in [-0.39, 0.29) is 0 Å². The van der Waals surface area contributed by atoms with Crippen molar-refractivity contribution in [3.05, 3.63) is 47.9 Å². The van der Waals surface area contributed by atoms with E-state index in [1.807, 2.05) is 19.3 Å². The molecule has 98 valence electrons. The molecule has 0 saturated carbocycles. The number of anilines is 2. The smallest absolute Gasteiger partial charge is 0.129 e. The summed E-state index contributed by atoms with van der Waals surface area (Å²) in [6.07, 6.45) is 7.82. The molecule has 3 heterocycles. The third-order valence-electron chi connectivity index (χ3n) is 3.77. The molecule has 0 spiro atoms. The quantitative estimate of drug-likeness (QED) is 0.895. The molecule has 1 aliphatic rings. The van der Waals surface area contributed by atoms with Gasteiger partial charge in [0.1, 0.15) is 5.82 Å². The van der Waals surface area contributed by atoms with Gasteiger partial charge in [-0.1, -0.05) is 0 Å². The van der Waals surface area contributed by atoms with Crippen molar-refractivity contribution in [3.8, 4) is 0 Å². The fourth-order valence-corrected chi connectivity index (χ4v) is 2.68. The van der Waals surface area contributed by atoms with Crippen LogP contribution in [0.4, 0.5) is 11.5 Å². The van der Waals surface area contributed by atoms with E-state index >= 15 is 0 Å². The summed E-state index contributed by atoms with van der Waals surface area (Å²) < 4.78 is 0. The maximum absolute atomic E-state index is 5.84. The van der Waals surface area contributed by atoms with Crippen LogP contribution >= 0.6 is 0 Å². The second kappa shape index (κ2) is 4.88. The van der Waals surface area contributed by atoms with Gasteiger partial charge in [0.2, 0.25) is 0 Å². The second-order valence-corrected chi connectivity index (χ2v) is 5.03. The van der Waals surface area contributed by atoms with Crippen molar-refractivity contribution in [3.63, 3.8) is 0 Å². The zero-order chi connectivity index (χ0) is 13.2. The van der Waals surface area contributed by atoms with Crippen LogP contribution in [0.2, 0.25) is 0 Å². The van der Waals surface area contributed by atoms with E-state index in [0.29, 0.717) is 6.04 Å². The Hall–Kier alpha value is -2.10. The SMILES string of the molecule is Cc1cc(N2CCCC2c2ccncc2)ncc1N. The maximum Gasteiger partial charge on any atom is 0.129 e. The molecule has 19 heavy (non-hydrogen) atoms. The van der Waals surface area contributed by atoms with Crippen LogP contribution in [-0.2, 0) is 0 Å². The van der Waals surface area contributed by atoms with Crippen LogP contribution < -0.4 is 10.6 Å². The summed E-state index contributed by atoms with van der Waals surface area (Å²) in [5.74, 6) is 1.02. The molecule has 1 atom stereocenters. The molecule has 1 fully saturated rings. The molecule has 3 rings (SSSR count). The van der Waals surface area contributed by atoms with Crippen LogP contribution in [0.5, 0.6) is 0 Å². The van der Waals surface area contributed by atoms with Gasteiger partial charge in [-0.15, -0.1) is 0 Å². The van der Waals surface area contributed by atoms with E-state index in [4.69, 9.17) is 5.73 Å². The van der Waals surface area contributed by atoms with Gasteiger partial charge in [-0.2, -0.15) is 0 Å². The Morgan fingerprint density at radius 1 is 1.32 bits per heavy atom. The van der Waals surface area contributed by atoms with Crippen molar-refractivity contribution >= 4 is 11.5 Å². The lowest BCUT2D eigenvalue weighted by Gasteiger charge is -2.26. The number of aryl methyl sites for hydroxylation is 1. The average Bonchev–Trinajstić information content (AvgIpc) is 2.92. The van der Waals surface area contributed by atoms with Gasteiger partial charge in [0.05, 0.1) is 17.9 Å². The Labute approximate surface area is 113 Å². The summed E-state index contributed by atoms with van der Waals surface area (Å²) in [6, 6.07) is 6.66. The molecule has 1 aliphatic heterocycles. The number of hydrogen-bond acceptors (Lipinski definition) is 4. The minimum absolute atomic E-state index is 0.401. The lowest BCUT2D eigenvalue weighted by molar-refractivity contribution is 0.710. The van der Waals surface area contributed by atoms with Crippen molar-refractivity contribution in [1.29, 1.82) is 0 Å². The Morgan fingerprint density at radius 3 is 2.84 bits per heavy atom. The van der Waals surface area contributed by atoms with Crippen molar-refractivity contribution < 1.29 is 0 Å². The third kappa shape index (κ3) is 2.26. The fraction of sp³-hybridized carbons (Fsp3) is 0.333. The van der Waals surface area contributed by atoms with Gasteiger partial charge in [-0.25, -0.2) is 4.98 Å². The summed E-state index contributed by atoms with van der Waals surface area (Å²) in [5, 5.41) is 0. The summed E-state index contributed by atoms with van der Waals surface area (Å²) in [5.41, 5.74) is 8.99. The summed E-state index contributed by atoms with van der Waals surface area (Å²) in [7, 11) is 0. The molecule has 0 radical (unpaired) electrons. The van der Waals surface area contributed by atoms with Crippen LogP contribution in [-0.4, -0.2) is 16.5 Å². The highest BCUT2D eigenvalue weighted by Crippen LogP contribution is 2.35. The Bertz CT molecular complexity index is 568. The Balaban J connectivity index is 1.93. The normalized spacial score (nSPS) is 18.8. The molecular weight excluding hydrogens is 236 g/mol. The average molecular weight is 254 g/mol. The van der Waals surface area contributed by atoms with Crippen LogP contribution in [0, 0.1) is 6.92 Å². The highest BCUT2D eigenvalue weighted by Gasteiger charge is 2.27. The van der Waals surface area contributed by atoms with E-state index in [0.717, 1.165) is 30.0 Å². The molecule has 0 amide bonds. The number of nitrogen functional groups attached to an aromatic ring is 1. The first-order valence-electron chi connectivity index (χ1n) is 6.64. The topological polar surface area (TPSA) is 55.0 Å². The standard InChI is InChI=1S/C15H18N4/c1-11-9-15(18-10-13(11)16)19-8-2-3-14(19)12-4-6-17-7-5-12/h4-7,9-10,14H,2-3,8,16H2,1H3. The largest absolute Gasteiger partial charge is 0.397 e. The summed E-state index contributed by atoms with van der Waals surface area (Å²) in [4.78, 5) is 10.9. The van der Waals surface area contributed by atoms with Crippen molar-refractivity contribution in [2.24, 2.45) is 0 Å². The van der Waals surface area contributed by atoms with Crippen molar-refractivity contribution in [2.45, 2.75) is 25.8 Å². The van der Waals surface area contributed by atoms with Gasteiger partial charge in [0.15, 0.2) is 0 Å². The molecule has 0 aromatic carbocycles. The molecule has 4 nitrogen and oxygen atoms in total. The lowest BCUT2D eigenvalue weighted by atomic mass is 10.1. The first-order chi connectivity index (χ1) is 9.25. The van der Waals surface area contributed by atoms with Crippen LogP contribution in [0.15, 0.2) is 36.8 Å². The van der Waals surface area contributed by atoms with Gasteiger partial charge in [0.25, 0.3) is 0 Å². The molecule has 0 aliphatic carbocycles. The van der Waals surface area contributed by atoms with Gasteiger partial charge in [0, 0.05) is 18.9 Å². The number of hydrogen-bond donors (Lipinski definition) is 1. The van der Waals surface area contributed by atoms with E-state index in [1.54, 1.807) is 6.20 Å². The predicted octanol–water partition coefficient (Wildman–Crippen LogP) is 2.71. The number of pyridine rings is 2. The molecule has 2 aromatic heterocycles. The number of rotatable bonds is 2. The van der Waals surface area contributed by atoms with Crippen molar-refractivity contribution in [1.82, 2.24) is 9.97 Å². The highest BCUT2D eigenvalue weighted by atomic mass is 15.2. The summed E-state index contributed by atoms with van der Waals surface area (Å²) in [6.45, 7) is 3.07. The van der Waals surface area contributed by atoms with Gasteiger partial charge >= 0.3 is 0 Å². The highest BCUT2D eigenvalue weighted by molar-refractivity contribution is 5.53. The number of nitrogens with zero attached hydrogens (tertiary/aromatic N) is 3. The maximum atomic E-state index is 5.84. The monoisotopic (exact) mass is 254 g/mol. The minimum Gasteiger partial charge on any atom is -0.397 e. The van der Waals surface area contributed by atoms with E-state index in [2.05, 4.69) is 33.1 Å². The molecule has 1 saturated heterocycles. The fourth-order valence-electron chi connectivity index (χ4n) is 2.68. The molecule has 4 heteroatoms. The molecule has 2 N–H and O–H groups in total. The number of nitrogens with two attached hydrogens (primary N) is 1. The molecule has 0 bridgehead atoms. The number of aromatic nitrogens is 2. The van der Waals surface area contributed by atoms with Gasteiger partial charge in [-0.3, -0.25) is 4.98 Å². The van der Waals surface area contributed by atoms with E-state index in [9.17, 15) is 0 Å². The Morgan fingerprint density at radius 2 is 2.11 bits per heavy atom. The van der Waals surface area contributed by atoms with Crippen LogP contribution in [0.25, 0.3) is 0 Å². The zero-order valence-corrected chi connectivity index (χ0v) is 11.1. The molecule has 1 unspecified atom stereocenters. The van der Waals surface area contributed by atoms with Gasteiger partial charge in [-0.05, 0) is 49.1 Å². The predicted molar refractivity (Wildman–Crippen MR) is 76.9 cm³/mol. The summed E-state index contributed by atoms with van der Waals surface area (Å²) >= 11 is 0. The van der Waals surface area contributed by atoms with Gasteiger partial charge < -0.3 is 10.6 Å². The van der Waals surface area contributed by atoms with E-state index in [1.165, 1.54) is 12.0 Å². The zero-order valence-electron chi connectivity index (χ0n) is 11.1. The van der Waals surface area contributed by atoms with Crippen molar-refractivity contribution in [2.75, 3.05) is 17.2 Å². The first-order valence-corrected chi connectivity index (χ1v) is 6.64. The van der Waals surface area contributed by atoms with E-state index < -0.39 is 0 Å². The third-order valence-corrected chi connectivity index (χ3v) is 3.77. The van der Waals surface area contributed by atoms with Crippen LogP contribution in [0.1, 0.15) is 30.0 Å².